The number of aliphatic imine (C=N–C) groups is 1. The number of esters is 2. The van der Waals surface area contributed by atoms with Crippen LogP contribution in [0.15, 0.2) is 52.2 Å². The van der Waals surface area contributed by atoms with Crippen molar-refractivity contribution < 1.29 is 19.1 Å². The number of ether oxygens (including phenoxy) is 2. The number of hydrogen-bond acceptors (Lipinski definition) is 5. The lowest BCUT2D eigenvalue weighted by Crippen LogP contribution is -2.05. The van der Waals surface area contributed by atoms with Gasteiger partial charge < -0.3 is 14.5 Å². The first-order valence-electron chi connectivity index (χ1n) is 10.5. The van der Waals surface area contributed by atoms with Crippen LogP contribution in [0.5, 0.6) is 0 Å². The molecule has 0 bridgehead atoms. The number of allylic oxidation sites excluding steroid dienone is 2. The van der Waals surface area contributed by atoms with E-state index in [9.17, 15) is 9.59 Å². The molecule has 0 amide bonds. The van der Waals surface area contributed by atoms with Crippen molar-refractivity contribution >= 4 is 45.9 Å². The van der Waals surface area contributed by atoms with Gasteiger partial charge in [0.1, 0.15) is 10.3 Å². The zero-order valence-electron chi connectivity index (χ0n) is 19.1. The smallest absolute Gasteiger partial charge is 0.305 e. The zero-order chi connectivity index (χ0) is 24.1. The van der Waals surface area contributed by atoms with Gasteiger partial charge in [-0.3, -0.25) is 9.59 Å². The number of benzene rings is 1. The SMILES string of the molecule is COC(=O)CCC1=C(C)C(Cl)=N/C1=C(/c1ccccc1)c1[nH]c(Cl)c(C)c1CCC(=O)OC. The van der Waals surface area contributed by atoms with Gasteiger partial charge in [-0.25, -0.2) is 4.99 Å². The maximum atomic E-state index is 11.9. The Morgan fingerprint density at radius 3 is 2.18 bits per heavy atom. The van der Waals surface area contributed by atoms with Crippen LogP contribution in [0.3, 0.4) is 0 Å². The highest BCUT2D eigenvalue weighted by Crippen LogP contribution is 2.41. The second kappa shape index (κ2) is 10.9. The molecule has 0 saturated heterocycles. The molecule has 3 rings (SSSR count). The maximum Gasteiger partial charge on any atom is 0.305 e. The minimum atomic E-state index is -0.309. The summed E-state index contributed by atoms with van der Waals surface area (Å²) in [5, 5.41) is 0.868. The molecule has 0 spiro atoms. The van der Waals surface area contributed by atoms with Gasteiger partial charge in [-0.05, 0) is 54.5 Å². The van der Waals surface area contributed by atoms with Crippen LogP contribution in [0, 0.1) is 6.92 Å². The molecule has 174 valence electrons. The third-order valence-electron chi connectivity index (χ3n) is 5.74. The summed E-state index contributed by atoms with van der Waals surface area (Å²) >= 11 is 13.0. The minimum Gasteiger partial charge on any atom is -0.469 e. The number of aromatic amines is 1. The van der Waals surface area contributed by atoms with Gasteiger partial charge in [0.15, 0.2) is 0 Å². The maximum absolute atomic E-state index is 11.9. The van der Waals surface area contributed by atoms with Crippen molar-refractivity contribution in [2.45, 2.75) is 39.5 Å². The highest BCUT2D eigenvalue weighted by molar-refractivity contribution is 6.70. The summed E-state index contributed by atoms with van der Waals surface area (Å²) in [5.74, 6) is -0.612. The lowest BCUT2D eigenvalue weighted by Gasteiger charge is -2.15. The highest BCUT2D eigenvalue weighted by Gasteiger charge is 2.28. The fourth-order valence-corrected chi connectivity index (χ4v) is 4.26. The molecule has 8 heteroatoms. The Morgan fingerprint density at radius 2 is 1.58 bits per heavy atom. The van der Waals surface area contributed by atoms with Crippen LogP contribution >= 0.6 is 23.2 Å². The van der Waals surface area contributed by atoms with E-state index < -0.39 is 0 Å². The van der Waals surface area contributed by atoms with Crippen LogP contribution < -0.4 is 0 Å². The molecule has 2 heterocycles. The Hall–Kier alpha value is -2.83. The molecule has 0 saturated carbocycles. The number of methoxy groups -OCH3 is 2. The summed E-state index contributed by atoms with van der Waals surface area (Å²) in [6.45, 7) is 3.80. The predicted octanol–water partition coefficient (Wildman–Crippen LogP) is 5.76. The number of nitrogens with zero attached hydrogens (tertiary/aromatic N) is 1. The third-order valence-corrected chi connectivity index (χ3v) is 6.49. The van der Waals surface area contributed by atoms with E-state index in [0.717, 1.165) is 39.1 Å². The zero-order valence-corrected chi connectivity index (χ0v) is 20.6. The number of H-pyrrole nitrogens is 1. The number of carbonyl (C=O) groups excluding carboxylic acids is 2. The first kappa shape index (κ1) is 24.8. The molecule has 1 aliphatic rings. The lowest BCUT2D eigenvalue weighted by atomic mass is 9.91. The Labute approximate surface area is 203 Å². The molecule has 1 aromatic carbocycles. The predicted molar refractivity (Wildman–Crippen MR) is 131 cm³/mol. The fraction of sp³-hybridized carbons (Fsp3) is 0.320. The van der Waals surface area contributed by atoms with E-state index in [0.29, 0.717) is 28.9 Å². The van der Waals surface area contributed by atoms with Crippen molar-refractivity contribution in [3.05, 3.63) is 74.7 Å². The van der Waals surface area contributed by atoms with Gasteiger partial charge in [-0.15, -0.1) is 0 Å². The van der Waals surface area contributed by atoms with Gasteiger partial charge in [-0.2, -0.15) is 0 Å². The fourth-order valence-electron chi connectivity index (χ4n) is 3.85. The van der Waals surface area contributed by atoms with Gasteiger partial charge in [0, 0.05) is 18.4 Å². The summed E-state index contributed by atoms with van der Waals surface area (Å²) in [7, 11) is 2.74. The second-order valence-corrected chi connectivity index (χ2v) is 8.40. The number of rotatable bonds is 8. The second-order valence-electron chi connectivity index (χ2n) is 7.67. The van der Waals surface area contributed by atoms with Crippen molar-refractivity contribution in [3.63, 3.8) is 0 Å². The number of aromatic nitrogens is 1. The van der Waals surface area contributed by atoms with Crippen molar-refractivity contribution in [1.82, 2.24) is 4.98 Å². The molecular formula is C25H26Cl2N2O4. The molecule has 0 fully saturated rings. The molecule has 1 aliphatic heterocycles. The number of halogens is 2. The van der Waals surface area contributed by atoms with E-state index >= 15 is 0 Å². The molecule has 0 atom stereocenters. The van der Waals surface area contributed by atoms with Gasteiger partial charge in [0.2, 0.25) is 0 Å². The summed E-state index contributed by atoms with van der Waals surface area (Å²) in [6, 6.07) is 9.76. The lowest BCUT2D eigenvalue weighted by molar-refractivity contribution is -0.141. The number of carbonyl (C=O) groups is 2. The summed E-state index contributed by atoms with van der Waals surface area (Å²) in [4.78, 5) is 31.7. The first-order chi connectivity index (χ1) is 15.8. The van der Waals surface area contributed by atoms with Crippen LogP contribution in [0.2, 0.25) is 5.15 Å². The van der Waals surface area contributed by atoms with Crippen LogP contribution in [0.25, 0.3) is 5.57 Å². The summed E-state index contributed by atoms with van der Waals surface area (Å²) < 4.78 is 9.65. The van der Waals surface area contributed by atoms with Crippen molar-refractivity contribution in [2.24, 2.45) is 4.99 Å². The minimum absolute atomic E-state index is 0.203. The molecule has 1 N–H and O–H groups in total. The number of nitrogens with one attached hydrogen (secondary N) is 1. The topological polar surface area (TPSA) is 80.8 Å². The van der Waals surface area contributed by atoms with Crippen molar-refractivity contribution in [2.75, 3.05) is 14.2 Å². The van der Waals surface area contributed by atoms with Crippen LogP contribution in [-0.2, 0) is 25.5 Å². The molecule has 33 heavy (non-hydrogen) atoms. The molecule has 6 nitrogen and oxygen atoms in total. The molecule has 0 aliphatic carbocycles. The van der Waals surface area contributed by atoms with E-state index in [1.54, 1.807) is 0 Å². The van der Waals surface area contributed by atoms with Crippen LogP contribution in [0.4, 0.5) is 0 Å². The monoisotopic (exact) mass is 488 g/mol. The largest absolute Gasteiger partial charge is 0.469 e. The van der Waals surface area contributed by atoms with Gasteiger partial charge >= 0.3 is 11.9 Å². The van der Waals surface area contributed by atoms with Gasteiger partial charge in [-0.1, -0.05) is 53.5 Å². The summed E-state index contributed by atoms with van der Waals surface area (Å²) in [6.07, 6.45) is 1.28. The third kappa shape index (κ3) is 5.40. The van der Waals surface area contributed by atoms with E-state index in [2.05, 4.69) is 9.98 Å². The van der Waals surface area contributed by atoms with Crippen molar-refractivity contribution in [1.29, 1.82) is 0 Å². The molecule has 0 unspecified atom stereocenters. The molecule has 2 aromatic rings. The Kier molecular flexibility index (Phi) is 8.16. The van der Waals surface area contributed by atoms with Crippen LogP contribution in [-0.4, -0.2) is 36.3 Å². The summed E-state index contributed by atoms with van der Waals surface area (Å²) in [5.41, 5.74) is 6.59. The Bertz CT molecular complexity index is 1160. The highest BCUT2D eigenvalue weighted by atomic mass is 35.5. The standard InChI is InChI=1S/C25H26Cl2N2O4/c1-14-17(10-12-19(30)32-3)22(28-24(14)26)21(16-8-6-5-7-9-16)23-18(11-13-20(31)33-4)15(2)25(27)29-23/h5-9,28H,10-13H2,1-4H3/b23-21-. The number of hydrogen-bond donors (Lipinski definition) is 1. The molecule has 0 radical (unpaired) electrons. The molecular weight excluding hydrogens is 463 g/mol. The quantitative estimate of drug-likeness (QED) is 0.478. The average Bonchev–Trinajstić information content (AvgIpc) is 3.26. The first-order valence-corrected chi connectivity index (χ1v) is 11.3. The van der Waals surface area contributed by atoms with Gasteiger partial charge in [0.25, 0.3) is 0 Å². The average molecular weight is 489 g/mol. The van der Waals surface area contributed by atoms with Crippen molar-refractivity contribution in [3.8, 4) is 0 Å². The van der Waals surface area contributed by atoms with E-state index in [-0.39, 0.29) is 24.8 Å². The Balaban J connectivity index is 2.23. The van der Waals surface area contributed by atoms with E-state index in [4.69, 9.17) is 32.7 Å². The van der Waals surface area contributed by atoms with Gasteiger partial charge in [0.05, 0.1) is 25.6 Å². The van der Waals surface area contributed by atoms with E-state index in [1.807, 2.05) is 44.2 Å². The normalized spacial score (nSPS) is 14.9. The van der Waals surface area contributed by atoms with E-state index in [1.165, 1.54) is 14.2 Å². The van der Waals surface area contributed by atoms with Crippen LogP contribution in [0.1, 0.15) is 48.6 Å². The Morgan fingerprint density at radius 1 is 0.970 bits per heavy atom. The molecule has 1 aromatic heterocycles.